The Morgan fingerprint density at radius 3 is 2.25 bits per heavy atom. The predicted molar refractivity (Wildman–Crippen MR) is 85.9 cm³/mol. The molecule has 0 N–H and O–H groups in total. The molecule has 0 aliphatic carbocycles. The summed E-state index contributed by atoms with van der Waals surface area (Å²) in [6.07, 6.45) is 0. The van der Waals surface area contributed by atoms with Gasteiger partial charge in [-0.2, -0.15) is 0 Å². The molecule has 1 heterocycles. The van der Waals surface area contributed by atoms with Gasteiger partial charge in [0.25, 0.3) is 11.8 Å². The van der Waals surface area contributed by atoms with Gasteiger partial charge in [-0.05, 0) is 40.6 Å². The Bertz CT molecular complexity index is 1040. The standard InChI is InChI=1S/C19H11NO4/c21-17-15-8-6-13(19(23)24)10-16(15)18(22)20(17)14-7-5-11-3-1-2-4-12(11)9-14/h1-10H,(H,23,24)/p-1. The Morgan fingerprint density at radius 1 is 0.792 bits per heavy atom. The molecule has 3 aromatic carbocycles. The first-order chi connectivity index (χ1) is 11.6. The summed E-state index contributed by atoms with van der Waals surface area (Å²) in [6.45, 7) is 0. The smallest absolute Gasteiger partial charge is 0.266 e. The maximum atomic E-state index is 12.6. The first-order valence-corrected chi connectivity index (χ1v) is 7.29. The van der Waals surface area contributed by atoms with E-state index in [1.54, 1.807) is 12.1 Å². The van der Waals surface area contributed by atoms with Crippen LogP contribution in [-0.2, 0) is 0 Å². The summed E-state index contributed by atoms with van der Waals surface area (Å²) in [7, 11) is 0. The number of carbonyl (C=O) groups excluding carboxylic acids is 3. The van der Waals surface area contributed by atoms with Gasteiger partial charge >= 0.3 is 0 Å². The number of benzene rings is 3. The summed E-state index contributed by atoms with van der Waals surface area (Å²) >= 11 is 0. The fourth-order valence-electron chi connectivity index (χ4n) is 2.92. The zero-order valence-corrected chi connectivity index (χ0v) is 12.4. The number of imide groups is 1. The fourth-order valence-corrected chi connectivity index (χ4v) is 2.92. The van der Waals surface area contributed by atoms with Crippen molar-refractivity contribution >= 4 is 34.2 Å². The van der Waals surface area contributed by atoms with Gasteiger partial charge in [0, 0.05) is 0 Å². The van der Waals surface area contributed by atoms with Gasteiger partial charge in [0.1, 0.15) is 0 Å². The van der Waals surface area contributed by atoms with E-state index in [9.17, 15) is 19.5 Å². The van der Waals surface area contributed by atoms with Gasteiger partial charge in [0.15, 0.2) is 0 Å². The molecule has 116 valence electrons. The second kappa shape index (κ2) is 5.03. The number of carboxylic acid groups (broad SMARTS) is 1. The van der Waals surface area contributed by atoms with Crippen LogP contribution in [0.1, 0.15) is 31.1 Å². The first-order valence-electron chi connectivity index (χ1n) is 7.29. The number of nitrogens with zero attached hydrogens (tertiary/aromatic N) is 1. The van der Waals surface area contributed by atoms with Crippen molar-refractivity contribution in [1.29, 1.82) is 0 Å². The van der Waals surface area contributed by atoms with Crippen LogP contribution in [0.5, 0.6) is 0 Å². The van der Waals surface area contributed by atoms with Crippen LogP contribution in [0, 0.1) is 0 Å². The third kappa shape index (κ3) is 1.99. The molecule has 0 atom stereocenters. The van der Waals surface area contributed by atoms with Crippen molar-refractivity contribution in [2.75, 3.05) is 4.90 Å². The largest absolute Gasteiger partial charge is 0.545 e. The van der Waals surface area contributed by atoms with E-state index < -0.39 is 17.8 Å². The fraction of sp³-hybridized carbons (Fsp3) is 0. The number of anilines is 1. The highest BCUT2D eigenvalue weighted by Crippen LogP contribution is 2.31. The quantitative estimate of drug-likeness (QED) is 0.678. The topological polar surface area (TPSA) is 77.5 Å². The molecule has 0 spiro atoms. The van der Waals surface area contributed by atoms with Crippen LogP contribution in [0.15, 0.2) is 60.7 Å². The molecule has 0 fully saturated rings. The number of hydrogen-bond donors (Lipinski definition) is 0. The van der Waals surface area contributed by atoms with Crippen LogP contribution in [0.4, 0.5) is 5.69 Å². The average Bonchev–Trinajstić information content (AvgIpc) is 2.85. The van der Waals surface area contributed by atoms with Crippen molar-refractivity contribution < 1.29 is 19.5 Å². The van der Waals surface area contributed by atoms with Gasteiger partial charge in [-0.25, -0.2) is 4.90 Å². The molecule has 1 aliphatic rings. The van der Waals surface area contributed by atoms with Crippen LogP contribution < -0.4 is 10.0 Å². The van der Waals surface area contributed by atoms with Crippen LogP contribution in [-0.4, -0.2) is 17.8 Å². The molecule has 0 unspecified atom stereocenters. The van der Waals surface area contributed by atoms with Gasteiger partial charge in [0.05, 0.1) is 22.8 Å². The number of rotatable bonds is 2. The molecule has 1 aliphatic heterocycles. The Hall–Kier alpha value is -3.47. The minimum Gasteiger partial charge on any atom is -0.545 e. The van der Waals surface area contributed by atoms with E-state index in [0.29, 0.717) is 5.69 Å². The second-order valence-corrected chi connectivity index (χ2v) is 5.52. The molecule has 4 rings (SSSR count). The lowest BCUT2D eigenvalue weighted by Crippen LogP contribution is -2.29. The highest BCUT2D eigenvalue weighted by atomic mass is 16.4. The number of aromatic carboxylic acids is 1. The van der Waals surface area contributed by atoms with Gasteiger partial charge in [-0.1, -0.05) is 36.4 Å². The van der Waals surface area contributed by atoms with Crippen molar-refractivity contribution in [2.24, 2.45) is 0 Å². The summed E-state index contributed by atoms with van der Waals surface area (Å²) in [5.41, 5.74) is 0.596. The first kappa shape index (κ1) is 14.1. The van der Waals surface area contributed by atoms with E-state index in [0.717, 1.165) is 15.7 Å². The van der Waals surface area contributed by atoms with Crippen molar-refractivity contribution in [2.45, 2.75) is 0 Å². The third-order valence-electron chi connectivity index (χ3n) is 4.11. The Balaban J connectivity index is 1.82. The highest BCUT2D eigenvalue weighted by molar-refractivity contribution is 6.34. The number of amides is 2. The molecule has 0 saturated heterocycles. The Morgan fingerprint density at radius 2 is 1.50 bits per heavy atom. The SMILES string of the molecule is O=C([O-])c1ccc2c(c1)C(=O)N(c1ccc3ccccc3c1)C2=O. The van der Waals surface area contributed by atoms with Crippen LogP contribution in [0.3, 0.4) is 0 Å². The van der Waals surface area contributed by atoms with Crippen molar-refractivity contribution in [1.82, 2.24) is 0 Å². The molecular weight excluding hydrogens is 306 g/mol. The van der Waals surface area contributed by atoms with Crippen LogP contribution in [0.2, 0.25) is 0 Å². The number of carboxylic acids is 1. The van der Waals surface area contributed by atoms with Crippen LogP contribution in [0.25, 0.3) is 10.8 Å². The zero-order chi connectivity index (χ0) is 16.8. The molecule has 2 amide bonds. The summed E-state index contributed by atoms with van der Waals surface area (Å²) in [5.74, 6) is -2.38. The Labute approximate surface area is 136 Å². The Kier molecular flexibility index (Phi) is 2.96. The lowest BCUT2D eigenvalue weighted by molar-refractivity contribution is -0.255. The summed E-state index contributed by atoms with van der Waals surface area (Å²) in [6, 6.07) is 16.7. The van der Waals surface area contributed by atoms with Crippen molar-refractivity contribution in [3.05, 3.63) is 77.4 Å². The molecule has 0 bridgehead atoms. The van der Waals surface area contributed by atoms with E-state index in [2.05, 4.69) is 0 Å². The predicted octanol–water partition coefficient (Wildman–Crippen LogP) is 2.00. The van der Waals surface area contributed by atoms with E-state index in [1.807, 2.05) is 30.3 Å². The third-order valence-corrected chi connectivity index (χ3v) is 4.11. The summed E-state index contributed by atoms with van der Waals surface area (Å²) < 4.78 is 0. The maximum absolute atomic E-state index is 12.6. The summed E-state index contributed by atoms with van der Waals surface area (Å²) in [4.78, 5) is 37.2. The molecule has 5 nitrogen and oxygen atoms in total. The lowest BCUT2D eigenvalue weighted by atomic mass is 10.1. The normalized spacial score (nSPS) is 13.4. The highest BCUT2D eigenvalue weighted by Gasteiger charge is 2.36. The maximum Gasteiger partial charge on any atom is 0.266 e. The molecule has 0 radical (unpaired) electrons. The molecule has 3 aromatic rings. The number of fused-ring (bicyclic) bond motifs is 2. The van der Waals surface area contributed by atoms with Gasteiger partial charge in [-0.15, -0.1) is 0 Å². The van der Waals surface area contributed by atoms with E-state index in [4.69, 9.17) is 0 Å². The van der Waals surface area contributed by atoms with E-state index in [-0.39, 0.29) is 16.7 Å². The number of carbonyl (C=O) groups is 3. The summed E-state index contributed by atoms with van der Waals surface area (Å²) in [5, 5.41) is 12.9. The molecule has 0 saturated carbocycles. The molecular formula is C19H10NO4-. The molecule has 5 heteroatoms. The lowest BCUT2D eigenvalue weighted by Gasteiger charge is -2.14. The van der Waals surface area contributed by atoms with Crippen molar-refractivity contribution in [3.63, 3.8) is 0 Å². The van der Waals surface area contributed by atoms with Gasteiger partial charge in [-0.3, -0.25) is 9.59 Å². The number of hydrogen-bond acceptors (Lipinski definition) is 4. The monoisotopic (exact) mass is 316 g/mol. The van der Waals surface area contributed by atoms with Crippen molar-refractivity contribution in [3.8, 4) is 0 Å². The molecule has 24 heavy (non-hydrogen) atoms. The minimum atomic E-state index is -1.39. The van der Waals surface area contributed by atoms with Crippen LogP contribution >= 0.6 is 0 Å². The second-order valence-electron chi connectivity index (χ2n) is 5.52. The van der Waals surface area contributed by atoms with E-state index >= 15 is 0 Å². The molecule has 0 aromatic heterocycles. The minimum absolute atomic E-state index is 0.0786. The zero-order valence-electron chi connectivity index (χ0n) is 12.4. The van der Waals surface area contributed by atoms with E-state index in [1.165, 1.54) is 18.2 Å². The van der Waals surface area contributed by atoms with Gasteiger partial charge < -0.3 is 9.90 Å². The van der Waals surface area contributed by atoms with Gasteiger partial charge in [0.2, 0.25) is 0 Å². The average molecular weight is 316 g/mol.